The Bertz CT molecular complexity index is 436. The van der Waals surface area contributed by atoms with Gasteiger partial charge in [-0.2, -0.15) is 0 Å². The number of hydrogen-bond donors (Lipinski definition) is 6. The summed E-state index contributed by atoms with van der Waals surface area (Å²) in [5.41, 5.74) is 0. The molecule has 2 heterocycles. The van der Waals surface area contributed by atoms with E-state index < -0.39 is 61.7 Å². The molecule has 9 atom stereocenters. The van der Waals surface area contributed by atoms with Crippen molar-refractivity contribution in [1.29, 1.82) is 0 Å². The minimum absolute atomic E-state index is 0.258. The molecule has 10 heteroatoms. The summed E-state index contributed by atoms with van der Waals surface area (Å²) >= 11 is 0. The van der Waals surface area contributed by atoms with Crippen LogP contribution in [0.25, 0.3) is 0 Å². The molecule has 2 fully saturated rings. The van der Waals surface area contributed by atoms with E-state index in [1.165, 1.54) is 6.92 Å². The van der Waals surface area contributed by atoms with Gasteiger partial charge >= 0.3 is 0 Å². The molecule has 10 nitrogen and oxygen atoms in total. The zero-order valence-corrected chi connectivity index (χ0v) is 13.5. The molecule has 0 aromatic heterocycles. The highest BCUT2D eigenvalue weighted by atomic mass is 16.7. The van der Waals surface area contributed by atoms with Gasteiger partial charge in [-0.1, -0.05) is 0 Å². The van der Waals surface area contributed by atoms with E-state index >= 15 is 0 Å². The SMILES string of the molecule is CC(=O)NC1C(O[C@@H]2OC[C@H](O)C(O)C2O)[C@H](O)C(CO)O[C@H]1C. The number of ether oxygens (including phenoxy) is 3. The van der Waals surface area contributed by atoms with Crippen LogP contribution in [-0.4, -0.2) is 99.7 Å². The lowest BCUT2D eigenvalue weighted by atomic mass is 9.93. The minimum atomic E-state index is -1.54. The van der Waals surface area contributed by atoms with E-state index in [2.05, 4.69) is 5.32 Å². The van der Waals surface area contributed by atoms with Crippen LogP contribution < -0.4 is 5.32 Å². The summed E-state index contributed by atoms with van der Waals surface area (Å²) in [5, 5.41) is 51.4. The van der Waals surface area contributed by atoms with Crippen molar-refractivity contribution >= 4 is 5.91 Å². The van der Waals surface area contributed by atoms with Gasteiger partial charge in [0.15, 0.2) is 6.29 Å². The van der Waals surface area contributed by atoms with E-state index in [1.807, 2.05) is 0 Å². The van der Waals surface area contributed by atoms with Crippen LogP contribution in [0.5, 0.6) is 0 Å². The zero-order chi connectivity index (χ0) is 18.0. The van der Waals surface area contributed by atoms with E-state index in [-0.39, 0.29) is 12.5 Å². The molecule has 0 aromatic rings. The molecular weight excluding hydrogens is 326 g/mol. The van der Waals surface area contributed by atoms with Crippen LogP contribution in [0.4, 0.5) is 0 Å². The van der Waals surface area contributed by atoms with Crippen molar-refractivity contribution in [3.63, 3.8) is 0 Å². The van der Waals surface area contributed by atoms with Gasteiger partial charge in [0.1, 0.15) is 36.6 Å². The normalized spacial score (nSPS) is 46.5. The molecule has 0 radical (unpaired) electrons. The molecule has 0 spiro atoms. The van der Waals surface area contributed by atoms with Crippen molar-refractivity contribution in [1.82, 2.24) is 5.32 Å². The molecule has 0 bridgehead atoms. The fourth-order valence-electron chi connectivity index (χ4n) is 2.94. The standard InChI is InChI=1S/C14H25NO9/c1-5-9(15-6(2)17)13(11(20)8(3-16)23-5)24-14-12(21)10(19)7(18)4-22-14/h5,7-14,16,18-21H,3-4H2,1-2H3,(H,15,17)/t5-,7-,8?,9?,10?,11+,12?,13?,14-/m0/s1. The van der Waals surface area contributed by atoms with E-state index in [0.717, 1.165) is 0 Å². The lowest BCUT2D eigenvalue weighted by Gasteiger charge is -2.46. The van der Waals surface area contributed by atoms with Crippen molar-refractivity contribution in [2.75, 3.05) is 13.2 Å². The molecule has 2 aliphatic rings. The van der Waals surface area contributed by atoms with Crippen molar-refractivity contribution in [3.8, 4) is 0 Å². The number of aliphatic hydroxyl groups excluding tert-OH is 5. The summed E-state index contributed by atoms with van der Waals surface area (Å²) in [6, 6.07) is -0.764. The first-order chi connectivity index (χ1) is 11.3. The summed E-state index contributed by atoms with van der Waals surface area (Å²) in [5.74, 6) is -0.376. The maximum Gasteiger partial charge on any atom is 0.217 e. The molecule has 0 aliphatic carbocycles. The largest absolute Gasteiger partial charge is 0.394 e. The summed E-state index contributed by atoms with van der Waals surface area (Å²) < 4.78 is 16.2. The fourth-order valence-corrected chi connectivity index (χ4v) is 2.94. The monoisotopic (exact) mass is 351 g/mol. The molecule has 24 heavy (non-hydrogen) atoms. The smallest absolute Gasteiger partial charge is 0.217 e. The number of hydrogen-bond acceptors (Lipinski definition) is 9. The second-order valence-electron chi connectivity index (χ2n) is 6.13. The molecule has 2 aliphatic heterocycles. The molecular formula is C14H25NO9. The first-order valence-electron chi connectivity index (χ1n) is 7.79. The van der Waals surface area contributed by atoms with E-state index in [0.29, 0.717) is 0 Å². The number of carbonyl (C=O) groups excluding carboxylic acids is 1. The molecule has 0 saturated carbocycles. The topological polar surface area (TPSA) is 158 Å². The van der Waals surface area contributed by atoms with Gasteiger partial charge in [-0.3, -0.25) is 4.79 Å². The first kappa shape index (κ1) is 19.5. The van der Waals surface area contributed by atoms with E-state index in [9.17, 15) is 30.3 Å². The Kier molecular flexibility index (Phi) is 6.51. The third-order valence-electron chi connectivity index (χ3n) is 4.26. The molecule has 1 amide bonds. The maximum absolute atomic E-state index is 11.4. The van der Waals surface area contributed by atoms with Crippen LogP contribution >= 0.6 is 0 Å². The summed E-state index contributed by atoms with van der Waals surface area (Å²) in [6.07, 6.45) is -9.46. The van der Waals surface area contributed by atoms with Gasteiger partial charge in [0.05, 0.1) is 25.4 Å². The predicted molar refractivity (Wildman–Crippen MR) is 77.7 cm³/mol. The molecule has 2 saturated heterocycles. The highest BCUT2D eigenvalue weighted by Gasteiger charge is 2.48. The fraction of sp³-hybridized carbons (Fsp3) is 0.929. The van der Waals surface area contributed by atoms with Gasteiger partial charge < -0.3 is 45.1 Å². The van der Waals surface area contributed by atoms with Crippen LogP contribution in [0.3, 0.4) is 0 Å². The van der Waals surface area contributed by atoms with Gasteiger partial charge in [0.25, 0.3) is 0 Å². The Labute approximate surface area is 138 Å². The van der Waals surface area contributed by atoms with Gasteiger partial charge in [-0.05, 0) is 6.92 Å². The number of nitrogens with one attached hydrogen (secondary N) is 1. The zero-order valence-electron chi connectivity index (χ0n) is 13.5. The highest BCUT2D eigenvalue weighted by Crippen LogP contribution is 2.27. The Hall–Kier alpha value is -0.850. The van der Waals surface area contributed by atoms with Crippen molar-refractivity contribution in [3.05, 3.63) is 0 Å². The molecule has 0 aromatic carbocycles. The summed E-state index contributed by atoms with van der Waals surface area (Å²) in [4.78, 5) is 11.4. The Morgan fingerprint density at radius 1 is 1.21 bits per heavy atom. The lowest BCUT2D eigenvalue weighted by Crippen LogP contribution is -2.66. The van der Waals surface area contributed by atoms with Gasteiger partial charge in [0, 0.05) is 6.92 Å². The first-order valence-corrected chi connectivity index (χ1v) is 7.79. The Morgan fingerprint density at radius 2 is 1.88 bits per heavy atom. The third kappa shape index (κ3) is 4.03. The van der Waals surface area contributed by atoms with Gasteiger partial charge in [-0.15, -0.1) is 0 Å². The average molecular weight is 351 g/mol. The number of aliphatic hydroxyl groups is 5. The second kappa shape index (κ2) is 8.02. The number of amides is 1. The summed E-state index contributed by atoms with van der Waals surface area (Å²) in [7, 11) is 0. The van der Waals surface area contributed by atoms with Crippen LogP contribution in [0.2, 0.25) is 0 Å². The van der Waals surface area contributed by atoms with Crippen LogP contribution in [0.1, 0.15) is 13.8 Å². The van der Waals surface area contributed by atoms with Crippen molar-refractivity contribution < 1.29 is 44.5 Å². The minimum Gasteiger partial charge on any atom is -0.394 e. The van der Waals surface area contributed by atoms with E-state index in [1.54, 1.807) is 6.92 Å². The predicted octanol–water partition coefficient (Wildman–Crippen LogP) is -3.54. The molecule has 6 N–H and O–H groups in total. The van der Waals surface area contributed by atoms with Crippen LogP contribution in [0.15, 0.2) is 0 Å². The Balaban J connectivity index is 2.16. The maximum atomic E-state index is 11.4. The number of carbonyl (C=O) groups is 1. The van der Waals surface area contributed by atoms with Gasteiger partial charge in [-0.25, -0.2) is 0 Å². The average Bonchev–Trinajstić information content (AvgIpc) is 2.53. The lowest BCUT2D eigenvalue weighted by molar-refractivity contribution is -0.310. The van der Waals surface area contributed by atoms with Crippen molar-refractivity contribution in [2.24, 2.45) is 0 Å². The third-order valence-corrected chi connectivity index (χ3v) is 4.26. The molecule has 140 valence electrons. The molecule has 2 rings (SSSR count). The van der Waals surface area contributed by atoms with Crippen LogP contribution in [-0.2, 0) is 19.0 Å². The Morgan fingerprint density at radius 3 is 2.46 bits per heavy atom. The van der Waals surface area contributed by atoms with E-state index in [4.69, 9.17) is 14.2 Å². The quantitative estimate of drug-likeness (QED) is 0.302. The van der Waals surface area contributed by atoms with Gasteiger partial charge in [0.2, 0.25) is 5.91 Å². The highest BCUT2D eigenvalue weighted by molar-refractivity contribution is 5.73. The van der Waals surface area contributed by atoms with Crippen molar-refractivity contribution in [2.45, 2.75) is 68.9 Å². The number of rotatable bonds is 4. The summed E-state index contributed by atoms with van der Waals surface area (Å²) in [6.45, 7) is 2.21. The molecule has 5 unspecified atom stereocenters. The second-order valence-corrected chi connectivity index (χ2v) is 6.13. The van der Waals surface area contributed by atoms with Crippen LogP contribution in [0, 0.1) is 0 Å².